The van der Waals surface area contributed by atoms with E-state index in [1.54, 1.807) is 6.92 Å². The maximum absolute atomic E-state index is 12.7. The van der Waals surface area contributed by atoms with Crippen molar-refractivity contribution in [2.45, 2.75) is 20.3 Å². The predicted molar refractivity (Wildman–Crippen MR) is 110 cm³/mol. The van der Waals surface area contributed by atoms with Crippen molar-refractivity contribution in [3.63, 3.8) is 0 Å². The van der Waals surface area contributed by atoms with Crippen LogP contribution in [0.5, 0.6) is 0 Å². The Balaban J connectivity index is 1.79. The van der Waals surface area contributed by atoms with Crippen molar-refractivity contribution in [3.8, 4) is 11.1 Å². The molecule has 1 fully saturated rings. The van der Waals surface area contributed by atoms with Gasteiger partial charge in [0, 0.05) is 10.4 Å². The molecule has 2 heterocycles. The Bertz CT molecular complexity index is 813. The summed E-state index contributed by atoms with van der Waals surface area (Å²) in [5.74, 6) is -0.481. The minimum absolute atomic E-state index is 0.0783. The number of aryl methyl sites for hydroxylation is 1. The molecule has 28 heavy (non-hydrogen) atoms. The van der Waals surface area contributed by atoms with Crippen LogP contribution >= 0.6 is 11.3 Å². The molecule has 0 atom stereocenters. The van der Waals surface area contributed by atoms with Gasteiger partial charge in [0.2, 0.25) is 5.91 Å². The predicted octanol–water partition coefficient (Wildman–Crippen LogP) is 2.14. The van der Waals surface area contributed by atoms with E-state index in [4.69, 9.17) is 9.47 Å². The molecule has 1 aliphatic heterocycles. The molecule has 0 aliphatic carbocycles. The Labute approximate surface area is 169 Å². The fraction of sp³-hybridized carbons (Fsp3) is 0.429. The number of hydrogen-bond donors (Lipinski definition) is 2. The number of carbonyl (C=O) groups is 2. The number of quaternary nitrogens is 1. The molecule has 0 unspecified atom stereocenters. The van der Waals surface area contributed by atoms with Crippen molar-refractivity contribution >= 4 is 28.2 Å². The van der Waals surface area contributed by atoms with Crippen molar-refractivity contribution in [2.24, 2.45) is 0 Å². The van der Waals surface area contributed by atoms with Gasteiger partial charge in [-0.15, -0.1) is 11.3 Å². The minimum Gasteiger partial charge on any atom is -0.462 e. The highest BCUT2D eigenvalue weighted by Gasteiger charge is 2.25. The summed E-state index contributed by atoms with van der Waals surface area (Å²) in [5.41, 5.74) is 2.22. The van der Waals surface area contributed by atoms with E-state index in [0.29, 0.717) is 17.0 Å². The van der Waals surface area contributed by atoms with E-state index in [0.717, 1.165) is 48.9 Å². The SMILES string of the molecule is CCOC(=O)c1c(NC(=O)CC[NH+]2CCOCC2)sc(C)c1-c1ccccc1. The van der Waals surface area contributed by atoms with Gasteiger partial charge < -0.3 is 19.7 Å². The molecule has 0 bridgehead atoms. The summed E-state index contributed by atoms with van der Waals surface area (Å²) in [6, 6.07) is 9.73. The monoisotopic (exact) mass is 403 g/mol. The van der Waals surface area contributed by atoms with E-state index in [2.05, 4.69) is 5.32 Å². The van der Waals surface area contributed by atoms with Crippen LogP contribution in [-0.2, 0) is 14.3 Å². The first-order chi connectivity index (χ1) is 13.6. The maximum Gasteiger partial charge on any atom is 0.341 e. The van der Waals surface area contributed by atoms with E-state index in [9.17, 15) is 9.59 Å². The van der Waals surface area contributed by atoms with Crippen LogP contribution in [0.1, 0.15) is 28.6 Å². The third-order valence-electron chi connectivity index (χ3n) is 4.78. The van der Waals surface area contributed by atoms with Gasteiger partial charge in [-0.1, -0.05) is 30.3 Å². The van der Waals surface area contributed by atoms with Crippen molar-refractivity contribution in [3.05, 3.63) is 40.8 Å². The molecule has 7 heteroatoms. The summed E-state index contributed by atoms with van der Waals surface area (Å²) in [6.07, 6.45) is 0.412. The molecule has 1 aliphatic rings. The van der Waals surface area contributed by atoms with Gasteiger partial charge in [0.1, 0.15) is 23.7 Å². The third kappa shape index (κ3) is 4.98. The minimum atomic E-state index is -0.403. The largest absolute Gasteiger partial charge is 0.462 e. The number of hydrogen-bond acceptors (Lipinski definition) is 5. The zero-order valence-corrected chi connectivity index (χ0v) is 17.2. The number of anilines is 1. The second kappa shape index (κ2) is 9.82. The molecule has 150 valence electrons. The summed E-state index contributed by atoms with van der Waals surface area (Å²) in [6.45, 7) is 8.14. The van der Waals surface area contributed by atoms with Crippen molar-refractivity contribution in [1.29, 1.82) is 0 Å². The smallest absolute Gasteiger partial charge is 0.341 e. The highest BCUT2D eigenvalue weighted by Crippen LogP contribution is 2.40. The summed E-state index contributed by atoms with van der Waals surface area (Å²) < 4.78 is 10.6. The average Bonchev–Trinajstić information content (AvgIpc) is 3.03. The first kappa shape index (κ1) is 20.5. The van der Waals surface area contributed by atoms with Crippen LogP contribution in [0.25, 0.3) is 11.1 Å². The standard InChI is InChI=1S/C21H26N2O4S/c1-3-27-21(25)19-18(16-7-5-4-6-8-16)15(2)28-20(19)22-17(24)9-10-23-11-13-26-14-12-23/h4-8H,3,9-14H2,1-2H3,(H,22,24)/p+1. The highest BCUT2D eigenvalue weighted by atomic mass is 32.1. The Morgan fingerprint density at radius 1 is 1.21 bits per heavy atom. The van der Waals surface area contributed by atoms with Gasteiger partial charge in [0.15, 0.2) is 0 Å². The quantitative estimate of drug-likeness (QED) is 0.695. The van der Waals surface area contributed by atoms with Crippen LogP contribution in [0, 0.1) is 6.92 Å². The molecular formula is C21H27N2O4S+. The number of morpholine rings is 1. The molecule has 0 spiro atoms. The first-order valence-corrected chi connectivity index (χ1v) is 10.5. The van der Waals surface area contributed by atoms with Gasteiger partial charge in [0.25, 0.3) is 0 Å². The van der Waals surface area contributed by atoms with E-state index < -0.39 is 5.97 Å². The molecule has 6 nitrogen and oxygen atoms in total. The zero-order valence-electron chi connectivity index (χ0n) is 16.4. The van der Waals surface area contributed by atoms with E-state index >= 15 is 0 Å². The Morgan fingerprint density at radius 3 is 2.61 bits per heavy atom. The first-order valence-electron chi connectivity index (χ1n) is 9.67. The number of amides is 1. The Morgan fingerprint density at radius 2 is 1.93 bits per heavy atom. The van der Waals surface area contributed by atoms with Crippen LogP contribution < -0.4 is 10.2 Å². The van der Waals surface area contributed by atoms with E-state index in [-0.39, 0.29) is 12.5 Å². The average molecular weight is 404 g/mol. The second-order valence-electron chi connectivity index (χ2n) is 6.73. The number of rotatable bonds is 7. The van der Waals surface area contributed by atoms with E-state index in [1.807, 2.05) is 37.3 Å². The van der Waals surface area contributed by atoms with E-state index in [1.165, 1.54) is 16.2 Å². The maximum atomic E-state index is 12.7. The van der Waals surface area contributed by atoms with Gasteiger partial charge >= 0.3 is 5.97 Å². The Kier molecular flexibility index (Phi) is 7.19. The molecule has 2 N–H and O–H groups in total. The lowest BCUT2D eigenvalue weighted by Gasteiger charge is -2.23. The molecule has 1 aromatic heterocycles. The van der Waals surface area contributed by atoms with Crippen molar-refractivity contribution < 1.29 is 24.0 Å². The molecule has 3 rings (SSSR count). The molecule has 1 amide bonds. The summed E-state index contributed by atoms with van der Waals surface area (Å²) in [5, 5.41) is 3.52. The summed E-state index contributed by atoms with van der Waals surface area (Å²) >= 11 is 1.42. The number of thiophene rings is 1. The molecule has 2 aromatic rings. The fourth-order valence-corrected chi connectivity index (χ4v) is 4.45. The fourth-order valence-electron chi connectivity index (χ4n) is 3.37. The highest BCUT2D eigenvalue weighted by molar-refractivity contribution is 7.17. The number of nitrogens with one attached hydrogen (secondary N) is 2. The van der Waals surface area contributed by atoms with Crippen molar-refractivity contribution in [1.82, 2.24) is 0 Å². The zero-order chi connectivity index (χ0) is 19.9. The number of ether oxygens (including phenoxy) is 2. The van der Waals surface area contributed by atoms with Crippen LogP contribution in [0.2, 0.25) is 0 Å². The molecule has 0 saturated carbocycles. The third-order valence-corrected chi connectivity index (χ3v) is 5.81. The van der Waals surface area contributed by atoms with Crippen LogP contribution in [0.3, 0.4) is 0 Å². The summed E-state index contributed by atoms with van der Waals surface area (Å²) in [7, 11) is 0. The number of carbonyl (C=O) groups excluding carboxylic acids is 2. The topological polar surface area (TPSA) is 69.1 Å². The summed E-state index contributed by atoms with van der Waals surface area (Å²) in [4.78, 5) is 27.6. The lowest BCUT2D eigenvalue weighted by molar-refractivity contribution is -0.907. The number of benzene rings is 1. The van der Waals surface area contributed by atoms with Gasteiger partial charge in [-0.2, -0.15) is 0 Å². The second-order valence-corrected chi connectivity index (χ2v) is 7.96. The lowest BCUT2D eigenvalue weighted by Crippen LogP contribution is -3.14. The normalized spacial score (nSPS) is 14.6. The molecule has 1 saturated heterocycles. The van der Waals surface area contributed by atoms with Crippen LogP contribution in [-0.4, -0.2) is 51.3 Å². The molecular weight excluding hydrogens is 376 g/mol. The van der Waals surface area contributed by atoms with Crippen molar-refractivity contribution in [2.75, 3.05) is 44.8 Å². The molecule has 1 aromatic carbocycles. The number of esters is 1. The molecule has 0 radical (unpaired) electrons. The van der Waals surface area contributed by atoms with Gasteiger partial charge in [-0.05, 0) is 19.4 Å². The van der Waals surface area contributed by atoms with Crippen LogP contribution in [0.15, 0.2) is 30.3 Å². The van der Waals surface area contributed by atoms with Crippen LogP contribution in [0.4, 0.5) is 5.00 Å². The lowest BCUT2D eigenvalue weighted by atomic mass is 10.0. The van der Waals surface area contributed by atoms with Gasteiger partial charge in [0.05, 0.1) is 32.8 Å². The van der Waals surface area contributed by atoms with Gasteiger partial charge in [-0.3, -0.25) is 4.79 Å². The van der Waals surface area contributed by atoms with Gasteiger partial charge in [-0.25, -0.2) is 4.79 Å². The Hall–Kier alpha value is -2.22.